The molecule has 3 atom stereocenters. The monoisotopic (exact) mass is 762 g/mol. The lowest BCUT2D eigenvalue weighted by Gasteiger charge is -2.46. The van der Waals surface area contributed by atoms with Crippen molar-refractivity contribution in [1.82, 2.24) is 14.1 Å². The Labute approximate surface area is 322 Å². The third-order valence-electron chi connectivity index (χ3n) is 11.3. The number of hydrogen-bond donors (Lipinski definition) is 0. The van der Waals surface area contributed by atoms with Gasteiger partial charge in [0.15, 0.2) is 0 Å². The van der Waals surface area contributed by atoms with E-state index in [4.69, 9.17) is 18.9 Å². The number of aryl methyl sites for hydroxylation is 1. The maximum Gasteiger partial charge on any atom is 0.243 e. The molecule has 6 rings (SSSR count). The molecule has 3 aromatic carbocycles. The van der Waals surface area contributed by atoms with Crippen LogP contribution in [0.25, 0.3) is 0 Å². The minimum absolute atomic E-state index is 0.0651. The molecule has 2 fully saturated rings. The maximum absolute atomic E-state index is 14.7. The number of hydrogen-bond acceptors (Lipinski definition) is 9. The number of amides is 1. The van der Waals surface area contributed by atoms with E-state index in [1.54, 1.807) is 30.7 Å². The summed E-state index contributed by atoms with van der Waals surface area (Å²) in [6, 6.07) is 20.7. The number of carbonyl (C=O) groups excluding carboxylic acids is 1. The molecule has 1 amide bonds. The Hall–Kier alpha value is -3.68. The number of ether oxygens (including phenoxy) is 4. The van der Waals surface area contributed by atoms with Crippen molar-refractivity contribution in [1.29, 1.82) is 0 Å². The largest absolute Gasteiger partial charge is 0.497 e. The number of sulfonamides is 1. The highest BCUT2D eigenvalue weighted by Crippen LogP contribution is 2.42. The van der Waals surface area contributed by atoms with Gasteiger partial charge >= 0.3 is 0 Å². The number of anilines is 1. The highest BCUT2D eigenvalue weighted by Gasteiger charge is 2.46. The Morgan fingerprint density at radius 3 is 2.35 bits per heavy atom. The normalized spacial score (nSPS) is 21.4. The van der Waals surface area contributed by atoms with Crippen molar-refractivity contribution in [3.05, 3.63) is 83.4 Å². The standard InChI is InChI=1S/C42H58N4O7S/c1-31-8-15-36(16-9-31)54(48,49)46-29-40(53-30-32-10-17-39-38(26-32)44(23-25-52-39)18-7-24-50-5)37(33-11-13-35(51-6)14-12-33)27-34(46)28-42(2,3)41(47)45-21-19-43(4)20-22-45/h8-17,26,34,37,40H,7,18-25,27-30H2,1-6H3/t34-,37+,40-/m0/s1. The van der Waals surface area contributed by atoms with Crippen molar-refractivity contribution in [3.63, 3.8) is 0 Å². The Bertz CT molecular complexity index is 1810. The summed E-state index contributed by atoms with van der Waals surface area (Å²) < 4.78 is 54.6. The van der Waals surface area contributed by atoms with Crippen LogP contribution in [0.4, 0.5) is 5.69 Å². The summed E-state index contributed by atoms with van der Waals surface area (Å²) in [5, 5.41) is 0. The quantitative estimate of drug-likeness (QED) is 0.196. The van der Waals surface area contributed by atoms with Gasteiger partial charge < -0.3 is 33.6 Å². The highest BCUT2D eigenvalue weighted by atomic mass is 32.2. The van der Waals surface area contributed by atoms with Gasteiger partial charge in [-0.3, -0.25) is 4.79 Å². The van der Waals surface area contributed by atoms with E-state index in [1.807, 2.05) is 62.1 Å². The Kier molecular flexibility index (Phi) is 12.9. The summed E-state index contributed by atoms with van der Waals surface area (Å²) >= 11 is 0. The first-order valence-electron chi connectivity index (χ1n) is 19.2. The minimum atomic E-state index is -3.95. The summed E-state index contributed by atoms with van der Waals surface area (Å²) in [6.45, 7) is 12.3. The third-order valence-corrected chi connectivity index (χ3v) is 13.2. The minimum Gasteiger partial charge on any atom is -0.497 e. The van der Waals surface area contributed by atoms with Crippen LogP contribution >= 0.6 is 0 Å². The van der Waals surface area contributed by atoms with E-state index in [1.165, 1.54) is 0 Å². The summed E-state index contributed by atoms with van der Waals surface area (Å²) in [4.78, 5) is 20.8. The summed E-state index contributed by atoms with van der Waals surface area (Å²) in [5.74, 6) is 1.53. The molecule has 12 heteroatoms. The summed E-state index contributed by atoms with van der Waals surface area (Å²) in [7, 11) is 1.48. The first kappa shape index (κ1) is 40.0. The molecule has 0 unspecified atom stereocenters. The van der Waals surface area contributed by atoms with Crippen LogP contribution in [0.1, 0.15) is 55.7 Å². The van der Waals surface area contributed by atoms with Crippen molar-refractivity contribution in [2.24, 2.45) is 5.41 Å². The van der Waals surface area contributed by atoms with Crippen molar-refractivity contribution < 1.29 is 32.2 Å². The maximum atomic E-state index is 14.7. The van der Waals surface area contributed by atoms with Gasteiger partial charge in [0.05, 0.1) is 36.9 Å². The fraction of sp³-hybridized carbons (Fsp3) is 0.548. The van der Waals surface area contributed by atoms with Crippen LogP contribution in [0, 0.1) is 12.3 Å². The second-order valence-corrected chi connectivity index (χ2v) is 17.6. The molecule has 54 heavy (non-hydrogen) atoms. The molecule has 0 bridgehead atoms. The fourth-order valence-corrected chi connectivity index (χ4v) is 9.72. The molecule has 0 N–H and O–H groups in total. The van der Waals surface area contributed by atoms with Gasteiger partial charge in [-0.25, -0.2) is 8.42 Å². The van der Waals surface area contributed by atoms with Gasteiger partial charge in [0.1, 0.15) is 18.1 Å². The lowest BCUT2D eigenvalue weighted by molar-refractivity contribution is -0.143. The Morgan fingerprint density at radius 1 is 0.944 bits per heavy atom. The topological polar surface area (TPSA) is 101 Å². The molecule has 2 saturated heterocycles. The molecule has 3 heterocycles. The number of piperazine rings is 1. The van der Waals surface area contributed by atoms with Gasteiger partial charge in [0.2, 0.25) is 15.9 Å². The molecule has 3 aliphatic rings. The van der Waals surface area contributed by atoms with E-state index >= 15 is 0 Å². The van der Waals surface area contributed by atoms with Crippen LogP contribution in [-0.2, 0) is 30.9 Å². The van der Waals surface area contributed by atoms with Gasteiger partial charge in [-0.15, -0.1) is 0 Å². The van der Waals surface area contributed by atoms with E-state index in [2.05, 4.69) is 35.0 Å². The molecule has 0 saturated carbocycles. The number of benzene rings is 3. The van der Waals surface area contributed by atoms with E-state index in [0.717, 1.165) is 66.5 Å². The molecule has 3 aliphatic heterocycles. The van der Waals surface area contributed by atoms with Gasteiger partial charge in [-0.1, -0.05) is 49.7 Å². The molecule has 0 radical (unpaired) electrons. The van der Waals surface area contributed by atoms with Crippen molar-refractivity contribution >= 4 is 21.6 Å². The van der Waals surface area contributed by atoms with Crippen LogP contribution < -0.4 is 14.4 Å². The molecular formula is C42H58N4O7S. The zero-order chi connectivity index (χ0) is 38.5. The zero-order valence-corrected chi connectivity index (χ0v) is 33.6. The van der Waals surface area contributed by atoms with Crippen molar-refractivity contribution in [2.45, 2.75) is 69.6 Å². The molecule has 0 aliphatic carbocycles. The average Bonchev–Trinajstić information content (AvgIpc) is 3.17. The molecule has 0 spiro atoms. The van der Waals surface area contributed by atoms with E-state index < -0.39 is 27.6 Å². The lowest BCUT2D eigenvalue weighted by atomic mass is 9.77. The predicted molar refractivity (Wildman–Crippen MR) is 211 cm³/mol. The van der Waals surface area contributed by atoms with Crippen LogP contribution in [0.15, 0.2) is 71.6 Å². The second-order valence-electron chi connectivity index (χ2n) is 15.7. The summed E-state index contributed by atoms with van der Waals surface area (Å²) in [6.07, 6.45) is 1.32. The number of fused-ring (bicyclic) bond motifs is 1. The molecule has 294 valence electrons. The van der Waals surface area contributed by atoms with Gasteiger partial charge in [0.25, 0.3) is 0 Å². The summed E-state index contributed by atoms with van der Waals surface area (Å²) in [5.41, 5.74) is 3.25. The van der Waals surface area contributed by atoms with Gasteiger partial charge in [0, 0.05) is 70.4 Å². The van der Waals surface area contributed by atoms with E-state index in [9.17, 15) is 13.2 Å². The van der Waals surface area contributed by atoms with Crippen molar-refractivity contribution in [2.75, 3.05) is 85.2 Å². The number of carbonyl (C=O) groups is 1. The molecule has 3 aromatic rings. The molecule has 11 nitrogen and oxygen atoms in total. The van der Waals surface area contributed by atoms with Gasteiger partial charge in [-0.05, 0) is 80.8 Å². The average molecular weight is 763 g/mol. The lowest BCUT2D eigenvalue weighted by Crippen LogP contribution is -2.56. The third kappa shape index (κ3) is 9.22. The number of methoxy groups -OCH3 is 2. The number of piperidine rings is 1. The van der Waals surface area contributed by atoms with Crippen molar-refractivity contribution in [3.8, 4) is 11.5 Å². The Morgan fingerprint density at radius 2 is 1.67 bits per heavy atom. The number of nitrogens with zero attached hydrogens (tertiary/aromatic N) is 4. The van der Waals surface area contributed by atoms with E-state index in [0.29, 0.717) is 45.8 Å². The second kappa shape index (κ2) is 17.4. The first-order chi connectivity index (χ1) is 25.9. The predicted octanol–water partition coefficient (Wildman–Crippen LogP) is 5.56. The molecular weight excluding hydrogens is 705 g/mol. The van der Waals surface area contributed by atoms with Crippen LogP contribution in [0.3, 0.4) is 0 Å². The van der Waals surface area contributed by atoms with E-state index in [-0.39, 0.29) is 23.3 Å². The fourth-order valence-electron chi connectivity index (χ4n) is 8.07. The smallest absolute Gasteiger partial charge is 0.243 e. The van der Waals surface area contributed by atoms with Crippen LogP contribution in [0.5, 0.6) is 11.5 Å². The highest BCUT2D eigenvalue weighted by molar-refractivity contribution is 7.89. The first-order valence-corrected chi connectivity index (χ1v) is 20.6. The Balaban J connectivity index is 1.32. The van der Waals surface area contributed by atoms with Crippen LogP contribution in [-0.4, -0.2) is 121 Å². The SMILES string of the molecule is COCCCN1CCOc2ccc(CO[C@H]3CN(S(=O)(=O)c4ccc(C)cc4)[C@H](CC(C)(C)C(=O)N4CCN(C)CC4)C[C@@H]3c3ccc(OC)cc3)cc21. The number of likely N-dealkylation sites (N-methyl/N-ethyl adjacent to an activating group) is 1. The molecule has 0 aromatic heterocycles. The number of rotatable bonds is 14. The van der Waals surface area contributed by atoms with Gasteiger partial charge in [-0.2, -0.15) is 4.31 Å². The zero-order valence-electron chi connectivity index (χ0n) is 32.8. The van der Waals surface area contributed by atoms with Crippen LogP contribution in [0.2, 0.25) is 0 Å².